The molecule has 11 heteroatoms. The van der Waals surface area contributed by atoms with E-state index in [2.05, 4.69) is 31.4 Å². The van der Waals surface area contributed by atoms with Crippen molar-refractivity contribution in [3.63, 3.8) is 0 Å². The van der Waals surface area contributed by atoms with Crippen LogP contribution in [0.1, 0.15) is 31.4 Å². The number of halogens is 2. The zero-order valence-corrected chi connectivity index (χ0v) is 19.1. The lowest BCUT2D eigenvalue weighted by molar-refractivity contribution is -0.153. The van der Waals surface area contributed by atoms with E-state index in [0.29, 0.717) is 23.1 Å². The average Bonchev–Trinajstić information content (AvgIpc) is 2.72. The summed E-state index contributed by atoms with van der Waals surface area (Å²) in [5, 5.41) is 0. The zero-order valence-electron chi connectivity index (χ0n) is 17.5. The smallest absolute Gasteiger partial charge is 0.335 e. The Balaban J connectivity index is 1.78. The molecular formula is C20H25BrFN5O4. The minimum atomic E-state index is -0.724. The van der Waals surface area contributed by atoms with Gasteiger partial charge in [0, 0.05) is 23.7 Å². The van der Waals surface area contributed by atoms with Crippen molar-refractivity contribution >= 4 is 39.4 Å². The maximum absolute atomic E-state index is 13.5. The van der Waals surface area contributed by atoms with Crippen LogP contribution >= 0.6 is 15.9 Å². The van der Waals surface area contributed by atoms with Crippen LogP contribution in [0.15, 0.2) is 37.6 Å². The number of rotatable bonds is 7. The molecule has 1 aromatic rings. The van der Waals surface area contributed by atoms with Crippen LogP contribution in [-0.4, -0.2) is 56.4 Å². The normalized spacial score (nSPS) is 23.8. The summed E-state index contributed by atoms with van der Waals surface area (Å²) in [5.41, 5.74) is 10.4. The van der Waals surface area contributed by atoms with E-state index in [1.807, 2.05) is 6.92 Å². The number of aliphatic imine (C=N–C) groups is 3. The molecule has 3 N–H and O–H groups in total. The molecule has 0 radical (unpaired) electrons. The number of esters is 1. The summed E-state index contributed by atoms with van der Waals surface area (Å²) in [5.74, 6) is -0.263. The summed E-state index contributed by atoms with van der Waals surface area (Å²) in [7, 11) is 2.73. The molecule has 0 amide bonds. The molecule has 2 heterocycles. The molecule has 0 saturated carbocycles. The number of nitrogens with one attached hydrogen (secondary N) is 1. The first-order valence-corrected chi connectivity index (χ1v) is 10.5. The highest BCUT2D eigenvalue weighted by atomic mass is 79.9. The number of ether oxygens (including phenoxy) is 2. The number of nitrogens with zero attached hydrogens (tertiary/aromatic N) is 3. The van der Waals surface area contributed by atoms with E-state index in [9.17, 15) is 9.18 Å². The molecule has 31 heavy (non-hydrogen) atoms. The lowest BCUT2D eigenvalue weighted by atomic mass is 9.84. The van der Waals surface area contributed by atoms with E-state index in [0.717, 1.165) is 11.3 Å². The minimum Gasteiger partial charge on any atom is -0.467 e. The summed E-state index contributed by atoms with van der Waals surface area (Å²) < 4.78 is 24.0. The van der Waals surface area contributed by atoms with Crippen LogP contribution in [0.4, 0.5) is 4.39 Å². The Hall–Kier alpha value is -2.37. The largest absolute Gasteiger partial charge is 0.467 e. The summed E-state index contributed by atoms with van der Waals surface area (Å²) in [6.45, 7) is 2.04. The molecule has 0 spiro atoms. The first-order valence-electron chi connectivity index (χ1n) is 9.73. The van der Waals surface area contributed by atoms with Gasteiger partial charge < -0.3 is 15.2 Å². The fourth-order valence-corrected chi connectivity index (χ4v) is 4.33. The Morgan fingerprint density at radius 1 is 1.39 bits per heavy atom. The van der Waals surface area contributed by atoms with E-state index in [1.54, 1.807) is 6.07 Å². The second kappa shape index (κ2) is 10.3. The van der Waals surface area contributed by atoms with Crippen molar-refractivity contribution < 1.29 is 23.5 Å². The predicted octanol–water partition coefficient (Wildman–Crippen LogP) is 2.30. The van der Waals surface area contributed by atoms with Crippen molar-refractivity contribution in [1.82, 2.24) is 5.48 Å². The van der Waals surface area contributed by atoms with Crippen molar-refractivity contribution in [1.29, 1.82) is 0 Å². The van der Waals surface area contributed by atoms with Gasteiger partial charge in [0.1, 0.15) is 11.7 Å². The number of methoxy groups -OCH3 is 2. The number of hydrogen-bond acceptors (Lipinski definition) is 9. The molecule has 0 bridgehead atoms. The third-order valence-electron chi connectivity index (χ3n) is 5.21. The number of nitrogens with two attached hydrogens (primary N) is 1. The molecule has 0 aliphatic carbocycles. The molecule has 4 atom stereocenters. The fourth-order valence-electron chi connectivity index (χ4n) is 3.71. The summed E-state index contributed by atoms with van der Waals surface area (Å²) in [6.07, 6.45) is 0.155. The molecule has 168 valence electrons. The van der Waals surface area contributed by atoms with Gasteiger partial charge in [-0.3, -0.25) is 15.3 Å². The second-order valence-corrected chi connectivity index (χ2v) is 8.06. The van der Waals surface area contributed by atoms with E-state index < -0.39 is 12.1 Å². The van der Waals surface area contributed by atoms with Crippen molar-refractivity contribution in [3.8, 4) is 0 Å². The van der Waals surface area contributed by atoms with Gasteiger partial charge in [0.25, 0.3) is 0 Å². The minimum absolute atomic E-state index is 0.177. The van der Waals surface area contributed by atoms with Gasteiger partial charge in [-0.15, -0.1) is 0 Å². The Kier molecular flexibility index (Phi) is 7.74. The summed E-state index contributed by atoms with van der Waals surface area (Å²) in [6, 6.07) is 4.02. The molecule has 2 unspecified atom stereocenters. The number of hydroxylamine groups is 1. The van der Waals surface area contributed by atoms with Gasteiger partial charge in [-0.25, -0.2) is 19.2 Å². The van der Waals surface area contributed by atoms with Gasteiger partial charge in [-0.2, -0.15) is 0 Å². The number of fused-ring (bicyclic) bond motifs is 1. The van der Waals surface area contributed by atoms with Gasteiger partial charge in [-0.1, -0.05) is 22.0 Å². The molecule has 1 aromatic carbocycles. The van der Waals surface area contributed by atoms with Gasteiger partial charge in [0.15, 0.2) is 6.10 Å². The molecule has 0 aromatic heterocycles. The number of amidine groups is 1. The molecular weight excluding hydrogens is 473 g/mol. The van der Waals surface area contributed by atoms with Crippen LogP contribution in [0.25, 0.3) is 0 Å². The quantitative estimate of drug-likeness (QED) is 0.338. The van der Waals surface area contributed by atoms with Crippen LogP contribution in [0, 0.1) is 11.7 Å². The average molecular weight is 498 g/mol. The molecule has 0 fully saturated rings. The van der Waals surface area contributed by atoms with E-state index in [1.165, 1.54) is 26.4 Å². The third kappa shape index (κ3) is 5.46. The van der Waals surface area contributed by atoms with Crippen molar-refractivity contribution in [2.45, 2.75) is 38.0 Å². The maximum atomic E-state index is 13.5. The standard InChI is InChI=1S/C20H25BrFN5O4/c1-10-17-15(26-20(23)24-10)9-14(12-5-4-11(22)8-13(12)21)25-18(17)27-31-7-6-16(29-2)19(28)30-3/h4-5,8,14-17H,6-7,9H2,1-3H3,(H2,23,26)(H,25,27)/t14?,15-,16+,17?/m1/s1. The van der Waals surface area contributed by atoms with Gasteiger partial charge in [0.2, 0.25) is 5.96 Å². The van der Waals surface area contributed by atoms with Crippen molar-refractivity contribution in [3.05, 3.63) is 34.1 Å². The first kappa shape index (κ1) is 23.3. The highest BCUT2D eigenvalue weighted by Crippen LogP contribution is 2.37. The van der Waals surface area contributed by atoms with E-state index in [-0.39, 0.29) is 36.4 Å². The lowest BCUT2D eigenvalue weighted by Crippen LogP contribution is -2.47. The van der Waals surface area contributed by atoms with Gasteiger partial charge >= 0.3 is 5.97 Å². The summed E-state index contributed by atoms with van der Waals surface area (Å²) >= 11 is 3.42. The Labute approximate surface area is 188 Å². The number of benzene rings is 1. The van der Waals surface area contributed by atoms with Crippen LogP contribution in [0.2, 0.25) is 0 Å². The molecule has 9 nitrogen and oxygen atoms in total. The highest BCUT2D eigenvalue weighted by molar-refractivity contribution is 9.10. The van der Waals surface area contributed by atoms with Crippen LogP contribution < -0.4 is 11.2 Å². The predicted molar refractivity (Wildman–Crippen MR) is 117 cm³/mol. The number of hydrogen-bond donors (Lipinski definition) is 2. The lowest BCUT2D eigenvalue weighted by Gasteiger charge is -2.35. The number of carbonyl (C=O) groups is 1. The first-order chi connectivity index (χ1) is 14.8. The maximum Gasteiger partial charge on any atom is 0.335 e. The third-order valence-corrected chi connectivity index (χ3v) is 5.89. The monoisotopic (exact) mass is 497 g/mol. The Morgan fingerprint density at radius 2 is 2.16 bits per heavy atom. The van der Waals surface area contributed by atoms with Crippen LogP contribution in [0.5, 0.6) is 0 Å². The SMILES string of the molecule is COC(=O)[C@H](CCONC1=NC(c2ccc(F)cc2Br)C[C@H]2N=C(N)N=C(C)C12)OC. The molecule has 2 aliphatic heterocycles. The Bertz CT molecular complexity index is 923. The van der Waals surface area contributed by atoms with E-state index >= 15 is 0 Å². The zero-order chi connectivity index (χ0) is 22.5. The summed E-state index contributed by atoms with van der Waals surface area (Å²) in [4.78, 5) is 30.8. The molecule has 3 rings (SSSR count). The van der Waals surface area contributed by atoms with Crippen molar-refractivity contribution in [2.75, 3.05) is 20.8 Å². The van der Waals surface area contributed by atoms with Gasteiger partial charge in [-0.05, 0) is 31.0 Å². The topological polar surface area (TPSA) is 120 Å². The van der Waals surface area contributed by atoms with Crippen molar-refractivity contribution in [2.24, 2.45) is 26.6 Å². The highest BCUT2D eigenvalue weighted by Gasteiger charge is 2.39. The molecule has 0 saturated heterocycles. The second-order valence-electron chi connectivity index (χ2n) is 7.20. The van der Waals surface area contributed by atoms with E-state index in [4.69, 9.17) is 25.0 Å². The van der Waals surface area contributed by atoms with Crippen LogP contribution in [-0.2, 0) is 19.1 Å². The Morgan fingerprint density at radius 3 is 2.84 bits per heavy atom. The fraction of sp³-hybridized carbons (Fsp3) is 0.500. The number of carbonyl (C=O) groups excluding carboxylic acids is 1. The van der Waals surface area contributed by atoms with Gasteiger partial charge in [0.05, 0.1) is 31.7 Å². The molecule has 2 aliphatic rings. The van der Waals surface area contributed by atoms with Crippen LogP contribution in [0.3, 0.4) is 0 Å². The number of guanidine groups is 1.